The minimum Gasteiger partial charge on any atom is -0.488 e. The van der Waals surface area contributed by atoms with Crippen molar-refractivity contribution in [2.24, 2.45) is 4.99 Å². The van der Waals surface area contributed by atoms with Crippen LogP contribution in [0.1, 0.15) is 27.9 Å². The summed E-state index contributed by atoms with van der Waals surface area (Å²) in [5.74, 6) is 1.55. The van der Waals surface area contributed by atoms with Gasteiger partial charge in [0.2, 0.25) is 0 Å². The predicted octanol–water partition coefficient (Wildman–Crippen LogP) is 4.18. The summed E-state index contributed by atoms with van der Waals surface area (Å²) in [6, 6.07) is 21.7. The van der Waals surface area contributed by atoms with Gasteiger partial charge in [-0.1, -0.05) is 42.5 Å². The van der Waals surface area contributed by atoms with Crippen LogP contribution in [-0.2, 0) is 6.42 Å². The lowest BCUT2D eigenvalue weighted by Gasteiger charge is -2.17. The Hall–Kier alpha value is -4.26. The molecule has 7 heteroatoms. The highest BCUT2D eigenvalue weighted by Gasteiger charge is 2.24. The maximum Gasteiger partial charge on any atom is 0.180 e. The van der Waals surface area contributed by atoms with Gasteiger partial charge in [-0.05, 0) is 35.7 Å². The van der Waals surface area contributed by atoms with Gasteiger partial charge in [-0.3, -0.25) is 4.79 Å². The van der Waals surface area contributed by atoms with Crippen molar-refractivity contribution in [3.8, 4) is 11.6 Å². The molecule has 2 aromatic heterocycles. The molecule has 0 aliphatic carbocycles. The quantitative estimate of drug-likeness (QED) is 0.502. The molecular formula is C25H21N5O2. The first-order chi connectivity index (χ1) is 15.7. The molecule has 0 atom stereocenters. The van der Waals surface area contributed by atoms with E-state index in [0.29, 0.717) is 28.6 Å². The number of nitrogen functional groups attached to an aromatic ring is 1. The van der Waals surface area contributed by atoms with E-state index in [-0.39, 0.29) is 18.8 Å². The zero-order chi connectivity index (χ0) is 21.9. The number of aromatic nitrogens is 3. The molecule has 2 N–H and O–H groups in total. The Morgan fingerprint density at radius 2 is 1.75 bits per heavy atom. The van der Waals surface area contributed by atoms with Gasteiger partial charge in [-0.25, -0.2) is 14.7 Å². The molecule has 0 spiro atoms. The van der Waals surface area contributed by atoms with E-state index >= 15 is 0 Å². The average Bonchev–Trinajstić information content (AvgIpc) is 3.25. The number of hydrogen-bond acceptors (Lipinski definition) is 6. The summed E-state index contributed by atoms with van der Waals surface area (Å²) in [5.41, 5.74) is 9.86. The monoisotopic (exact) mass is 423 g/mol. The molecule has 1 aliphatic rings. The number of hydrogen-bond donors (Lipinski definition) is 1. The molecule has 0 unspecified atom stereocenters. The van der Waals surface area contributed by atoms with E-state index in [1.807, 2.05) is 30.3 Å². The Morgan fingerprint density at radius 1 is 0.969 bits per heavy atom. The fourth-order valence-corrected chi connectivity index (χ4v) is 3.67. The molecule has 0 bridgehead atoms. The number of ether oxygens (including phenoxy) is 1. The Kier molecular flexibility index (Phi) is 5.21. The Bertz CT molecular complexity index is 1290. The molecule has 0 amide bonds. The second-order valence-electron chi connectivity index (χ2n) is 7.59. The first-order valence-electron chi connectivity index (χ1n) is 10.3. The maximum atomic E-state index is 12.7. The van der Waals surface area contributed by atoms with E-state index in [4.69, 9.17) is 10.5 Å². The van der Waals surface area contributed by atoms with Crippen LogP contribution >= 0.6 is 0 Å². The van der Waals surface area contributed by atoms with Crippen LogP contribution in [-0.4, -0.2) is 32.9 Å². The van der Waals surface area contributed by atoms with Crippen LogP contribution in [0.3, 0.4) is 0 Å². The zero-order valence-electron chi connectivity index (χ0n) is 17.3. The van der Waals surface area contributed by atoms with Crippen molar-refractivity contribution in [1.29, 1.82) is 0 Å². The van der Waals surface area contributed by atoms with Gasteiger partial charge in [-0.15, -0.1) is 5.10 Å². The fourth-order valence-electron chi connectivity index (χ4n) is 3.67. The van der Waals surface area contributed by atoms with Crippen molar-refractivity contribution < 1.29 is 9.53 Å². The number of Topliss-reactive ketones (excluding diaryl/α,β-unsaturated/α-hetero) is 1. The molecule has 32 heavy (non-hydrogen) atoms. The van der Waals surface area contributed by atoms with Gasteiger partial charge in [0.25, 0.3) is 0 Å². The van der Waals surface area contributed by atoms with Crippen molar-refractivity contribution in [2.45, 2.75) is 12.8 Å². The van der Waals surface area contributed by atoms with Crippen molar-refractivity contribution in [1.82, 2.24) is 14.8 Å². The van der Waals surface area contributed by atoms with E-state index in [2.05, 4.69) is 39.3 Å². The summed E-state index contributed by atoms with van der Waals surface area (Å²) in [6.45, 7) is 0.221. The molecular weight excluding hydrogens is 402 g/mol. The molecule has 7 nitrogen and oxygen atoms in total. The van der Waals surface area contributed by atoms with Crippen LogP contribution in [0.15, 0.2) is 84.1 Å². The highest BCUT2D eigenvalue weighted by Crippen LogP contribution is 2.31. The number of fused-ring (bicyclic) bond motifs is 1. The second-order valence-corrected chi connectivity index (χ2v) is 7.59. The number of carbonyl (C=O) groups is 1. The minimum atomic E-state index is -0.0180. The third-order valence-corrected chi connectivity index (χ3v) is 5.25. The van der Waals surface area contributed by atoms with E-state index < -0.39 is 0 Å². The number of pyridine rings is 1. The lowest BCUT2D eigenvalue weighted by atomic mass is 10.0. The lowest BCUT2D eigenvalue weighted by Crippen LogP contribution is -2.20. The summed E-state index contributed by atoms with van der Waals surface area (Å²) >= 11 is 0. The van der Waals surface area contributed by atoms with Crippen LogP contribution in [0.25, 0.3) is 5.82 Å². The van der Waals surface area contributed by atoms with Gasteiger partial charge in [0.05, 0.1) is 12.1 Å². The lowest BCUT2D eigenvalue weighted by molar-refractivity contribution is 0.0998. The van der Waals surface area contributed by atoms with E-state index in [9.17, 15) is 4.79 Å². The first-order valence-corrected chi connectivity index (χ1v) is 10.3. The average molecular weight is 423 g/mol. The number of aliphatic imine (C=N–C) groups is 1. The molecule has 3 heterocycles. The highest BCUT2D eigenvalue weighted by atomic mass is 16.5. The molecule has 0 saturated carbocycles. The van der Waals surface area contributed by atoms with Crippen LogP contribution in [0, 0.1) is 0 Å². The summed E-state index contributed by atoms with van der Waals surface area (Å²) in [6.07, 6.45) is 4.36. The molecule has 0 radical (unpaired) electrons. The van der Waals surface area contributed by atoms with Gasteiger partial charge < -0.3 is 10.5 Å². The van der Waals surface area contributed by atoms with Crippen molar-refractivity contribution in [3.05, 3.63) is 95.8 Å². The van der Waals surface area contributed by atoms with E-state index in [1.165, 1.54) is 15.8 Å². The van der Waals surface area contributed by atoms with Gasteiger partial charge in [0.15, 0.2) is 11.6 Å². The van der Waals surface area contributed by atoms with Gasteiger partial charge >= 0.3 is 0 Å². The third kappa shape index (κ3) is 4.13. The van der Waals surface area contributed by atoms with Crippen molar-refractivity contribution in [2.75, 3.05) is 12.3 Å². The first kappa shape index (κ1) is 19.7. The molecule has 5 rings (SSSR count). The molecule has 158 valence electrons. The van der Waals surface area contributed by atoms with Crippen molar-refractivity contribution in [3.63, 3.8) is 0 Å². The number of nitrogens with zero attached hydrogens (tertiary/aromatic N) is 4. The van der Waals surface area contributed by atoms with Crippen molar-refractivity contribution >= 4 is 23.0 Å². The molecule has 0 saturated heterocycles. The van der Waals surface area contributed by atoms with Crippen LogP contribution in [0.2, 0.25) is 0 Å². The van der Waals surface area contributed by atoms with E-state index in [1.54, 1.807) is 24.5 Å². The number of anilines is 1. The van der Waals surface area contributed by atoms with Crippen LogP contribution in [0.4, 0.5) is 11.5 Å². The predicted molar refractivity (Wildman–Crippen MR) is 123 cm³/mol. The zero-order valence-corrected chi connectivity index (χ0v) is 17.3. The fraction of sp³-hybridized carbons (Fsp3) is 0.120. The molecule has 4 aromatic rings. The van der Waals surface area contributed by atoms with Gasteiger partial charge in [-0.2, -0.15) is 0 Å². The molecule has 1 aliphatic heterocycles. The van der Waals surface area contributed by atoms with Gasteiger partial charge in [0, 0.05) is 24.0 Å². The summed E-state index contributed by atoms with van der Waals surface area (Å²) in [5, 5.41) is 4.19. The number of carbonyl (C=O) groups excluding carboxylic acids is 1. The Labute approximate surface area is 185 Å². The topological polar surface area (TPSA) is 95.4 Å². The molecule has 0 fully saturated rings. The number of rotatable bonds is 6. The minimum absolute atomic E-state index is 0.0180. The van der Waals surface area contributed by atoms with Crippen LogP contribution in [0.5, 0.6) is 5.75 Å². The Morgan fingerprint density at radius 3 is 2.50 bits per heavy atom. The van der Waals surface area contributed by atoms with E-state index in [0.717, 1.165) is 12.2 Å². The molecule has 2 aromatic carbocycles. The van der Waals surface area contributed by atoms with Crippen LogP contribution < -0.4 is 10.5 Å². The number of benzene rings is 2. The normalized spacial score (nSPS) is 12.9. The SMILES string of the molecule is Nc1ccn(-c2nccc3c2N=C(COc2ccc(Cc4ccccc4)cc2)CC3=O)n1. The summed E-state index contributed by atoms with van der Waals surface area (Å²) in [4.78, 5) is 21.7. The third-order valence-electron chi connectivity index (χ3n) is 5.25. The second kappa shape index (κ2) is 8.47. The number of nitrogens with two attached hydrogens (primary N) is 1. The van der Waals surface area contributed by atoms with Gasteiger partial charge in [0.1, 0.15) is 23.9 Å². The number of ketones is 1. The standard InChI is InChI=1S/C25H21N5O2/c26-23-11-13-30(29-23)25-24-21(10-12-27-25)22(31)15-19(28-24)16-32-20-8-6-18(7-9-20)14-17-4-2-1-3-5-17/h1-13H,14-16H2,(H2,26,29). The Balaban J connectivity index is 1.32. The summed E-state index contributed by atoms with van der Waals surface area (Å²) < 4.78 is 7.45. The highest BCUT2D eigenvalue weighted by molar-refractivity contribution is 6.16. The smallest absolute Gasteiger partial charge is 0.180 e. The maximum absolute atomic E-state index is 12.7. The summed E-state index contributed by atoms with van der Waals surface area (Å²) in [7, 11) is 0. The largest absolute Gasteiger partial charge is 0.488 e.